The first-order valence-corrected chi connectivity index (χ1v) is 4.90. The number of nitrogens with two attached hydrogens (primary N) is 1. The Hall–Kier alpha value is -0.120. The van der Waals surface area contributed by atoms with Crippen molar-refractivity contribution in [2.75, 3.05) is 19.7 Å². The Kier molecular flexibility index (Phi) is 2.35. The summed E-state index contributed by atoms with van der Waals surface area (Å²) in [5.41, 5.74) is 5.69. The van der Waals surface area contributed by atoms with Crippen LogP contribution in [-0.4, -0.2) is 41.8 Å². The van der Waals surface area contributed by atoms with Crippen LogP contribution in [0.2, 0.25) is 0 Å². The standard InChI is InChI=1S/C9H18N2O/c10-8(6-12)5-11-4-7-1-2-9(11)3-7/h7-9,12H,1-6,10H2. The quantitative estimate of drug-likeness (QED) is 0.616. The first kappa shape index (κ1) is 8.48. The summed E-state index contributed by atoms with van der Waals surface area (Å²) in [6.45, 7) is 2.23. The van der Waals surface area contributed by atoms with Gasteiger partial charge in [0, 0.05) is 25.2 Å². The molecule has 0 aromatic rings. The van der Waals surface area contributed by atoms with E-state index in [1.165, 1.54) is 25.8 Å². The Morgan fingerprint density at radius 2 is 2.33 bits per heavy atom. The number of nitrogens with zero attached hydrogens (tertiary/aromatic N) is 1. The summed E-state index contributed by atoms with van der Waals surface area (Å²) in [6.07, 6.45) is 4.14. The summed E-state index contributed by atoms with van der Waals surface area (Å²) in [5, 5.41) is 8.81. The van der Waals surface area contributed by atoms with Crippen LogP contribution >= 0.6 is 0 Å². The van der Waals surface area contributed by atoms with Gasteiger partial charge < -0.3 is 10.8 Å². The van der Waals surface area contributed by atoms with Gasteiger partial charge in [-0.1, -0.05) is 0 Å². The zero-order valence-electron chi connectivity index (χ0n) is 7.45. The molecule has 3 heteroatoms. The number of piperidine rings is 1. The SMILES string of the molecule is NC(CO)CN1CC2CCC1C2. The lowest BCUT2D eigenvalue weighted by Crippen LogP contribution is -2.43. The lowest BCUT2D eigenvalue weighted by molar-refractivity contribution is 0.170. The minimum absolute atomic E-state index is 0.0376. The summed E-state index contributed by atoms with van der Waals surface area (Å²) < 4.78 is 0. The molecule has 1 aliphatic heterocycles. The number of likely N-dealkylation sites (tertiary alicyclic amines) is 1. The topological polar surface area (TPSA) is 49.5 Å². The fourth-order valence-corrected chi connectivity index (χ4v) is 2.61. The second kappa shape index (κ2) is 3.32. The van der Waals surface area contributed by atoms with Crippen LogP contribution in [0.15, 0.2) is 0 Å². The van der Waals surface area contributed by atoms with Crippen LogP contribution in [0.5, 0.6) is 0 Å². The summed E-state index contributed by atoms with van der Waals surface area (Å²) >= 11 is 0. The Labute approximate surface area is 73.5 Å². The Balaban J connectivity index is 1.82. The van der Waals surface area contributed by atoms with Crippen molar-refractivity contribution >= 4 is 0 Å². The molecule has 1 heterocycles. The normalized spacial score (nSPS) is 37.5. The van der Waals surface area contributed by atoms with Crippen molar-refractivity contribution in [2.24, 2.45) is 11.7 Å². The molecule has 1 saturated heterocycles. The summed E-state index contributed by atoms with van der Waals surface area (Å²) in [6, 6.07) is 0.747. The first-order valence-electron chi connectivity index (χ1n) is 4.90. The molecule has 3 nitrogen and oxygen atoms in total. The minimum atomic E-state index is -0.0376. The summed E-state index contributed by atoms with van der Waals surface area (Å²) in [4.78, 5) is 2.45. The van der Waals surface area contributed by atoms with E-state index in [-0.39, 0.29) is 12.6 Å². The van der Waals surface area contributed by atoms with Gasteiger partial charge in [0.15, 0.2) is 0 Å². The molecule has 0 amide bonds. The molecule has 3 atom stereocenters. The molecule has 0 aromatic carbocycles. The number of hydrogen-bond acceptors (Lipinski definition) is 3. The minimum Gasteiger partial charge on any atom is -0.395 e. The summed E-state index contributed by atoms with van der Waals surface area (Å²) in [5.74, 6) is 0.931. The molecular weight excluding hydrogens is 152 g/mol. The summed E-state index contributed by atoms with van der Waals surface area (Å²) in [7, 11) is 0. The molecule has 3 unspecified atom stereocenters. The van der Waals surface area contributed by atoms with Gasteiger partial charge in [0.2, 0.25) is 0 Å². The molecule has 70 valence electrons. The number of aliphatic hydroxyl groups is 1. The third-order valence-electron chi connectivity index (χ3n) is 3.23. The molecular formula is C9H18N2O. The van der Waals surface area contributed by atoms with Gasteiger partial charge >= 0.3 is 0 Å². The van der Waals surface area contributed by atoms with Gasteiger partial charge in [-0.3, -0.25) is 4.90 Å². The van der Waals surface area contributed by atoms with Crippen LogP contribution in [0.4, 0.5) is 0 Å². The smallest absolute Gasteiger partial charge is 0.0595 e. The van der Waals surface area contributed by atoms with Crippen LogP contribution in [0.3, 0.4) is 0 Å². The molecule has 3 N–H and O–H groups in total. The fourth-order valence-electron chi connectivity index (χ4n) is 2.61. The predicted molar refractivity (Wildman–Crippen MR) is 47.8 cm³/mol. The van der Waals surface area contributed by atoms with Crippen LogP contribution in [0, 0.1) is 5.92 Å². The van der Waals surface area contributed by atoms with E-state index >= 15 is 0 Å². The van der Waals surface area contributed by atoms with Gasteiger partial charge in [-0.05, 0) is 25.2 Å². The maximum Gasteiger partial charge on any atom is 0.0595 e. The Bertz CT molecular complexity index is 163. The van der Waals surface area contributed by atoms with Crippen molar-refractivity contribution in [1.82, 2.24) is 4.90 Å². The van der Waals surface area contributed by atoms with E-state index in [1.54, 1.807) is 0 Å². The van der Waals surface area contributed by atoms with Crippen LogP contribution in [-0.2, 0) is 0 Å². The maximum atomic E-state index is 8.81. The molecule has 1 aliphatic carbocycles. The highest BCUT2D eigenvalue weighted by atomic mass is 16.3. The second-order valence-electron chi connectivity index (χ2n) is 4.23. The molecule has 2 rings (SSSR count). The van der Waals surface area contributed by atoms with Crippen LogP contribution in [0.25, 0.3) is 0 Å². The lowest BCUT2D eigenvalue weighted by atomic mass is 10.1. The number of fused-ring (bicyclic) bond motifs is 2. The van der Waals surface area contributed by atoms with Crippen molar-refractivity contribution in [3.05, 3.63) is 0 Å². The van der Waals surface area contributed by atoms with E-state index < -0.39 is 0 Å². The number of hydrogen-bond donors (Lipinski definition) is 2. The highest BCUT2D eigenvalue weighted by Gasteiger charge is 2.37. The van der Waals surface area contributed by atoms with Crippen molar-refractivity contribution in [3.8, 4) is 0 Å². The third-order valence-corrected chi connectivity index (χ3v) is 3.23. The van der Waals surface area contributed by atoms with E-state index in [0.717, 1.165) is 18.5 Å². The van der Waals surface area contributed by atoms with Crippen molar-refractivity contribution in [1.29, 1.82) is 0 Å². The van der Waals surface area contributed by atoms with Gasteiger partial charge in [0.05, 0.1) is 6.61 Å². The molecule has 2 aliphatic rings. The van der Waals surface area contributed by atoms with E-state index in [2.05, 4.69) is 4.90 Å². The van der Waals surface area contributed by atoms with Gasteiger partial charge in [-0.25, -0.2) is 0 Å². The third kappa shape index (κ3) is 1.49. The first-order chi connectivity index (χ1) is 5.79. The average molecular weight is 170 g/mol. The van der Waals surface area contributed by atoms with E-state index in [0.29, 0.717) is 0 Å². The lowest BCUT2D eigenvalue weighted by Gasteiger charge is -2.28. The number of rotatable bonds is 3. The fraction of sp³-hybridized carbons (Fsp3) is 1.00. The molecule has 1 saturated carbocycles. The predicted octanol–water partition coefficient (Wildman–Crippen LogP) is -0.210. The zero-order chi connectivity index (χ0) is 8.55. The highest BCUT2D eigenvalue weighted by Crippen LogP contribution is 2.36. The molecule has 0 radical (unpaired) electrons. The second-order valence-corrected chi connectivity index (χ2v) is 4.23. The van der Waals surface area contributed by atoms with E-state index in [9.17, 15) is 0 Å². The molecule has 0 aromatic heterocycles. The van der Waals surface area contributed by atoms with Gasteiger partial charge in [0.1, 0.15) is 0 Å². The van der Waals surface area contributed by atoms with Gasteiger partial charge in [-0.15, -0.1) is 0 Å². The van der Waals surface area contributed by atoms with Crippen LogP contribution in [0.1, 0.15) is 19.3 Å². The van der Waals surface area contributed by atoms with Gasteiger partial charge in [0.25, 0.3) is 0 Å². The number of aliphatic hydroxyl groups excluding tert-OH is 1. The molecule has 0 spiro atoms. The van der Waals surface area contributed by atoms with E-state index in [1.807, 2.05) is 0 Å². The molecule has 2 bridgehead atoms. The largest absolute Gasteiger partial charge is 0.395 e. The maximum absolute atomic E-state index is 8.81. The van der Waals surface area contributed by atoms with Crippen molar-refractivity contribution < 1.29 is 5.11 Å². The van der Waals surface area contributed by atoms with E-state index in [4.69, 9.17) is 10.8 Å². The monoisotopic (exact) mass is 170 g/mol. The highest BCUT2D eigenvalue weighted by molar-refractivity contribution is 4.92. The van der Waals surface area contributed by atoms with Crippen molar-refractivity contribution in [3.63, 3.8) is 0 Å². The zero-order valence-corrected chi connectivity index (χ0v) is 7.45. The Morgan fingerprint density at radius 1 is 1.50 bits per heavy atom. The van der Waals surface area contributed by atoms with Crippen molar-refractivity contribution in [2.45, 2.75) is 31.3 Å². The average Bonchev–Trinajstić information content (AvgIpc) is 2.64. The molecule has 12 heavy (non-hydrogen) atoms. The van der Waals surface area contributed by atoms with Gasteiger partial charge in [-0.2, -0.15) is 0 Å². The molecule has 2 fully saturated rings. The van der Waals surface area contributed by atoms with Crippen LogP contribution < -0.4 is 5.73 Å². The Morgan fingerprint density at radius 3 is 2.83 bits per heavy atom.